The first-order chi connectivity index (χ1) is 7.13. The van der Waals surface area contributed by atoms with Gasteiger partial charge < -0.3 is 10.2 Å². The molecule has 4 heteroatoms. The van der Waals surface area contributed by atoms with Gasteiger partial charge in [0.15, 0.2) is 12.1 Å². The molecule has 0 aliphatic heterocycles. The van der Waals surface area contributed by atoms with Crippen LogP contribution in [0.4, 0.5) is 0 Å². The van der Waals surface area contributed by atoms with Crippen molar-refractivity contribution in [2.24, 2.45) is 0 Å². The molecule has 0 fully saturated rings. The minimum Gasteiger partial charge on any atom is -0.368 e. The third-order valence-corrected chi connectivity index (χ3v) is 2.60. The highest BCUT2D eigenvalue weighted by molar-refractivity contribution is 9.09. The maximum Gasteiger partial charge on any atom is 0.173 e. The average molecular weight is 273 g/mol. The van der Waals surface area contributed by atoms with Crippen LogP contribution in [0.15, 0.2) is 24.3 Å². The number of carbonyl (C=O) groups excluding carboxylic acids is 1. The van der Waals surface area contributed by atoms with Crippen LogP contribution in [-0.4, -0.2) is 27.6 Å². The van der Waals surface area contributed by atoms with E-state index in [9.17, 15) is 4.79 Å². The predicted octanol–water partition coefficient (Wildman–Crippen LogP) is 1.51. The first-order valence-corrected chi connectivity index (χ1v) is 5.80. The molecule has 0 amide bonds. The molecule has 15 heavy (non-hydrogen) atoms. The normalized spacial score (nSPS) is 10.7. The molecule has 0 aliphatic rings. The molecule has 0 saturated carbocycles. The molecular weight excluding hydrogens is 260 g/mol. The van der Waals surface area contributed by atoms with E-state index in [1.807, 2.05) is 12.1 Å². The van der Waals surface area contributed by atoms with Crippen LogP contribution < -0.4 is 0 Å². The minimum atomic E-state index is -1.27. The second-order valence-electron chi connectivity index (χ2n) is 3.27. The maximum atomic E-state index is 11.3. The standard InChI is InChI=1S/C11H13BrO3/c12-7-10(13)9-4-1-8(2-5-9)3-6-11(14)15/h1-2,4-5,11,14-15H,3,6-7H2. The molecule has 0 bridgehead atoms. The second-order valence-corrected chi connectivity index (χ2v) is 3.83. The van der Waals surface area contributed by atoms with Gasteiger partial charge in [-0.2, -0.15) is 0 Å². The fourth-order valence-electron chi connectivity index (χ4n) is 1.23. The molecule has 0 spiro atoms. The molecule has 0 aromatic heterocycles. The van der Waals surface area contributed by atoms with Gasteiger partial charge in [0.1, 0.15) is 0 Å². The summed E-state index contributed by atoms with van der Waals surface area (Å²) in [5, 5.41) is 17.7. The molecule has 2 N–H and O–H groups in total. The summed E-state index contributed by atoms with van der Waals surface area (Å²) in [6.45, 7) is 0. The third kappa shape index (κ3) is 4.11. The summed E-state index contributed by atoms with van der Waals surface area (Å²) < 4.78 is 0. The van der Waals surface area contributed by atoms with E-state index in [0.29, 0.717) is 23.7 Å². The molecule has 1 aromatic carbocycles. The first kappa shape index (κ1) is 12.4. The maximum absolute atomic E-state index is 11.3. The Hall–Kier alpha value is -0.710. The van der Waals surface area contributed by atoms with Gasteiger partial charge in [0.05, 0.1) is 5.33 Å². The number of aryl methyl sites for hydroxylation is 1. The lowest BCUT2D eigenvalue weighted by Gasteiger charge is -2.04. The Kier molecular flexibility index (Phi) is 4.94. The number of rotatable bonds is 5. The van der Waals surface area contributed by atoms with Crippen LogP contribution in [0.2, 0.25) is 0 Å². The van der Waals surface area contributed by atoms with Crippen molar-refractivity contribution >= 4 is 21.7 Å². The number of benzene rings is 1. The zero-order chi connectivity index (χ0) is 11.3. The van der Waals surface area contributed by atoms with Crippen LogP contribution in [0.25, 0.3) is 0 Å². The summed E-state index contributed by atoms with van der Waals surface area (Å²) in [6.07, 6.45) is -0.361. The monoisotopic (exact) mass is 272 g/mol. The van der Waals surface area contributed by atoms with E-state index < -0.39 is 6.29 Å². The van der Waals surface area contributed by atoms with Crippen molar-refractivity contribution in [3.8, 4) is 0 Å². The first-order valence-electron chi connectivity index (χ1n) is 4.67. The van der Waals surface area contributed by atoms with Gasteiger partial charge in [0.2, 0.25) is 0 Å². The summed E-state index contributed by atoms with van der Waals surface area (Å²) in [6, 6.07) is 7.17. The second kappa shape index (κ2) is 6.00. The molecule has 1 aromatic rings. The van der Waals surface area contributed by atoms with E-state index in [1.54, 1.807) is 12.1 Å². The predicted molar refractivity (Wildman–Crippen MR) is 61.1 cm³/mol. The van der Waals surface area contributed by atoms with Crippen molar-refractivity contribution in [1.29, 1.82) is 0 Å². The lowest BCUT2D eigenvalue weighted by molar-refractivity contribution is -0.0447. The van der Waals surface area contributed by atoms with Crippen LogP contribution >= 0.6 is 15.9 Å². The highest BCUT2D eigenvalue weighted by atomic mass is 79.9. The van der Waals surface area contributed by atoms with Crippen molar-refractivity contribution in [2.75, 3.05) is 5.33 Å². The van der Waals surface area contributed by atoms with E-state index in [2.05, 4.69) is 15.9 Å². The Bertz CT molecular complexity index is 319. The summed E-state index contributed by atoms with van der Waals surface area (Å²) in [4.78, 5) is 11.3. The van der Waals surface area contributed by atoms with Crippen molar-refractivity contribution in [1.82, 2.24) is 0 Å². The van der Waals surface area contributed by atoms with Gasteiger partial charge >= 0.3 is 0 Å². The highest BCUT2D eigenvalue weighted by Gasteiger charge is 2.04. The lowest BCUT2D eigenvalue weighted by Crippen LogP contribution is -2.05. The molecule has 0 atom stereocenters. The van der Waals surface area contributed by atoms with Crippen molar-refractivity contribution in [3.63, 3.8) is 0 Å². The van der Waals surface area contributed by atoms with Gasteiger partial charge in [-0.05, 0) is 12.0 Å². The Morgan fingerprint density at radius 1 is 1.27 bits per heavy atom. The molecule has 0 saturated heterocycles. The Balaban J connectivity index is 2.60. The minimum absolute atomic E-state index is 0.0451. The van der Waals surface area contributed by atoms with Crippen LogP contribution in [0.1, 0.15) is 22.3 Å². The smallest absolute Gasteiger partial charge is 0.173 e. The largest absolute Gasteiger partial charge is 0.368 e. The number of hydrogen-bond acceptors (Lipinski definition) is 3. The van der Waals surface area contributed by atoms with Gasteiger partial charge in [-0.1, -0.05) is 40.2 Å². The zero-order valence-corrected chi connectivity index (χ0v) is 9.77. The summed E-state index contributed by atoms with van der Waals surface area (Å²) in [5.41, 5.74) is 1.66. The SMILES string of the molecule is O=C(CBr)c1ccc(CCC(O)O)cc1. The number of ketones is 1. The topological polar surface area (TPSA) is 57.5 Å². The zero-order valence-electron chi connectivity index (χ0n) is 8.19. The Morgan fingerprint density at radius 3 is 2.33 bits per heavy atom. The highest BCUT2D eigenvalue weighted by Crippen LogP contribution is 2.09. The van der Waals surface area contributed by atoms with Gasteiger partial charge in [-0.25, -0.2) is 0 Å². The molecule has 0 radical (unpaired) electrons. The van der Waals surface area contributed by atoms with Gasteiger partial charge in [0, 0.05) is 12.0 Å². The van der Waals surface area contributed by atoms with Crippen LogP contribution in [-0.2, 0) is 6.42 Å². The lowest BCUT2D eigenvalue weighted by atomic mass is 10.1. The van der Waals surface area contributed by atoms with Gasteiger partial charge in [-0.3, -0.25) is 4.79 Å². The molecule has 0 heterocycles. The molecule has 3 nitrogen and oxygen atoms in total. The van der Waals surface area contributed by atoms with E-state index in [0.717, 1.165) is 5.56 Å². The van der Waals surface area contributed by atoms with Crippen molar-refractivity contribution in [2.45, 2.75) is 19.1 Å². The van der Waals surface area contributed by atoms with E-state index in [4.69, 9.17) is 10.2 Å². The van der Waals surface area contributed by atoms with Crippen LogP contribution in [0, 0.1) is 0 Å². The van der Waals surface area contributed by atoms with Crippen LogP contribution in [0.3, 0.4) is 0 Å². The van der Waals surface area contributed by atoms with Crippen molar-refractivity contribution in [3.05, 3.63) is 35.4 Å². The number of alkyl halides is 1. The molecule has 0 unspecified atom stereocenters. The average Bonchev–Trinajstić information content (AvgIpc) is 2.26. The number of aliphatic hydroxyl groups excluding tert-OH is 1. The molecule has 82 valence electrons. The molecular formula is C11H13BrO3. The van der Waals surface area contributed by atoms with E-state index in [-0.39, 0.29) is 5.78 Å². The fraction of sp³-hybridized carbons (Fsp3) is 0.364. The Labute approximate surface area is 96.9 Å². The third-order valence-electron chi connectivity index (χ3n) is 2.09. The number of carbonyl (C=O) groups is 1. The van der Waals surface area contributed by atoms with E-state index >= 15 is 0 Å². The van der Waals surface area contributed by atoms with E-state index in [1.165, 1.54) is 0 Å². The number of halogens is 1. The van der Waals surface area contributed by atoms with Crippen molar-refractivity contribution < 1.29 is 15.0 Å². The summed E-state index contributed by atoms with van der Waals surface area (Å²) >= 11 is 3.10. The summed E-state index contributed by atoms with van der Waals surface area (Å²) in [5.74, 6) is 0.0451. The molecule has 0 aliphatic carbocycles. The molecule has 1 rings (SSSR count). The number of hydrogen-bond donors (Lipinski definition) is 2. The Morgan fingerprint density at radius 2 is 1.87 bits per heavy atom. The summed E-state index contributed by atoms with van der Waals surface area (Å²) in [7, 11) is 0. The quantitative estimate of drug-likeness (QED) is 0.485. The number of aliphatic hydroxyl groups is 2. The number of Topliss-reactive ketones (excluding diaryl/α,β-unsaturated/α-hetero) is 1. The van der Waals surface area contributed by atoms with Gasteiger partial charge in [0.25, 0.3) is 0 Å². The van der Waals surface area contributed by atoms with Gasteiger partial charge in [-0.15, -0.1) is 0 Å². The van der Waals surface area contributed by atoms with Crippen LogP contribution in [0.5, 0.6) is 0 Å². The fourth-order valence-corrected chi connectivity index (χ4v) is 1.55.